The molecule has 2 amide bonds. The molecule has 32 heavy (non-hydrogen) atoms. The Kier molecular flexibility index (Phi) is 8.14. The first-order valence-corrected chi connectivity index (χ1v) is 10.9. The Labute approximate surface area is 189 Å². The smallest absolute Gasteiger partial charge is 0.242 e. The topological polar surface area (TPSA) is 49.4 Å². The van der Waals surface area contributed by atoms with Crippen LogP contribution in [0.2, 0.25) is 0 Å². The van der Waals surface area contributed by atoms with E-state index in [1.807, 2.05) is 67.6 Å². The largest absolute Gasteiger partial charge is 0.355 e. The fourth-order valence-corrected chi connectivity index (χ4v) is 3.81. The Morgan fingerprint density at radius 1 is 0.875 bits per heavy atom. The van der Waals surface area contributed by atoms with Crippen LogP contribution in [0.15, 0.2) is 84.9 Å². The lowest BCUT2D eigenvalue weighted by Gasteiger charge is -2.30. The highest BCUT2D eigenvalue weighted by atomic mass is 19.1. The van der Waals surface area contributed by atoms with Gasteiger partial charge < -0.3 is 10.2 Å². The molecule has 5 heteroatoms. The van der Waals surface area contributed by atoms with Gasteiger partial charge in [0.15, 0.2) is 0 Å². The van der Waals surface area contributed by atoms with E-state index in [1.54, 1.807) is 25.1 Å². The van der Waals surface area contributed by atoms with E-state index in [0.717, 1.165) is 11.1 Å². The molecule has 0 aliphatic carbocycles. The molecule has 3 rings (SSSR count). The zero-order valence-electron chi connectivity index (χ0n) is 18.5. The van der Waals surface area contributed by atoms with Crippen molar-refractivity contribution in [3.8, 4) is 0 Å². The number of nitrogens with one attached hydrogen (secondary N) is 1. The summed E-state index contributed by atoms with van der Waals surface area (Å²) >= 11 is 0. The average Bonchev–Trinajstić information content (AvgIpc) is 2.82. The molecule has 3 aromatic rings. The molecular weight excluding hydrogens is 403 g/mol. The summed E-state index contributed by atoms with van der Waals surface area (Å²) in [6.45, 7) is 4.00. The summed E-state index contributed by atoms with van der Waals surface area (Å²) in [6, 6.07) is 25.3. The van der Waals surface area contributed by atoms with Gasteiger partial charge in [-0.05, 0) is 31.0 Å². The Morgan fingerprint density at radius 3 is 1.94 bits per heavy atom. The van der Waals surface area contributed by atoms with Crippen molar-refractivity contribution in [3.63, 3.8) is 0 Å². The molecule has 0 aliphatic rings. The fraction of sp³-hybridized carbons (Fsp3) is 0.259. The van der Waals surface area contributed by atoms with Gasteiger partial charge in [0.25, 0.3) is 0 Å². The predicted octanol–water partition coefficient (Wildman–Crippen LogP) is 4.90. The molecule has 0 saturated heterocycles. The van der Waals surface area contributed by atoms with Crippen LogP contribution >= 0.6 is 0 Å². The molecule has 3 aromatic carbocycles. The maximum Gasteiger partial charge on any atom is 0.242 e. The zero-order valence-corrected chi connectivity index (χ0v) is 18.5. The molecule has 4 nitrogen and oxygen atoms in total. The van der Waals surface area contributed by atoms with Crippen LogP contribution in [-0.4, -0.2) is 29.3 Å². The van der Waals surface area contributed by atoms with Gasteiger partial charge in [0.1, 0.15) is 11.9 Å². The number of hydrogen-bond donors (Lipinski definition) is 1. The fourth-order valence-electron chi connectivity index (χ4n) is 3.81. The van der Waals surface area contributed by atoms with Crippen LogP contribution in [0.4, 0.5) is 4.39 Å². The molecule has 1 unspecified atom stereocenters. The first kappa shape index (κ1) is 23.2. The van der Waals surface area contributed by atoms with Crippen molar-refractivity contribution >= 4 is 11.8 Å². The normalized spacial score (nSPS) is 11.8. The average molecular weight is 433 g/mol. The van der Waals surface area contributed by atoms with Gasteiger partial charge in [-0.25, -0.2) is 4.39 Å². The van der Waals surface area contributed by atoms with E-state index in [1.165, 1.54) is 11.0 Å². The zero-order chi connectivity index (χ0) is 22.9. The molecule has 0 fully saturated rings. The van der Waals surface area contributed by atoms with Crippen LogP contribution in [0.1, 0.15) is 42.9 Å². The number of nitrogens with zero attached hydrogens (tertiary/aromatic N) is 1. The minimum atomic E-state index is -0.728. The van der Waals surface area contributed by atoms with Crippen molar-refractivity contribution in [3.05, 3.63) is 107 Å². The van der Waals surface area contributed by atoms with Gasteiger partial charge in [-0.3, -0.25) is 9.59 Å². The van der Waals surface area contributed by atoms with Gasteiger partial charge in [-0.2, -0.15) is 0 Å². The Balaban J connectivity index is 1.92. The van der Waals surface area contributed by atoms with Crippen LogP contribution in [-0.2, 0) is 16.1 Å². The Morgan fingerprint density at radius 2 is 1.41 bits per heavy atom. The molecular formula is C27H29FN2O2. The first-order valence-electron chi connectivity index (χ1n) is 10.9. The van der Waals surface area contributed by atoms with Gasteiger partial charge in [-0.15, -0.1) is 0 Å². The van der Waals surface area contributed by atoms with Crippen molar-refractivity contribution in [1.82, 2.24) is 10.2 Å². The lowest BCUT2D eigenvalue weighted by molar-refractivity contribution is -0.140. The molecule has 0 bridgehead atoms. The van der Waals surface area contributed by atoms with Crippen molar-refractivity contribution in [2.24, 2.45) is 0 Å². The number of carbonyl (C=O) groups is 2. The van der Waals surface area contributed by atoms with E-state index in [4.69, 9.17) is 0 Å². The van der Waals surface area contributed by atoms with Crippen molar-refractivity contribution in [2.75, 3.05) is 6.54 Å². The number of benzene rings is 3. The number of carbonyl (C=O) groups excluding carboxylic acids is 2. The molecule has 0 saturated carbocycles. The summed E-state index contributed by atoms with van der Waals surface area (Å²) in [5.41, 5.74) is 2.42. The van der Waals surface area contributed by atoms with Crippen LogP contribution in [0, 0.1) is 5.82 Å². The second kappa shape index (κ2) is 11.2. The summed E-state index contributed by atoms with van der Waals surface area (Å²) in [7, 11) is 0. The van der Waals surface area contributed by atoms with Crippen molar-refractivity contribution < 1.29 is 14.0 Å². The molecule has 0 radical (unpaired) electrons. The molecule has 0 spiro atoms. The minimum Gasteiger partial charge on any atom is -0.355 e. The van der Waals surface area contributed by atoms with E-state index >= 15 is 0 Å². The third-order valence-electron chi connectivity index (χ3n) is 5.60. The maximum absolute atomic E-state index is 14.4. The highest BCUT2D eigenvalue weighted by Crippen LogP contribution is 2.29. The number of likely N-dealkylation sites (N-methyl/N-ethyl adjacent to an activating group) is 1. The van der Waals surface area contributed by atoms with Gasteiger partial charge >= 0.3 is 0 Å². The van der Waals surface area contributed by atoms with Gasteiger partial charge in [-0.1, -0.05) is 78.9 Å². The minimum absolute atomic E-state index is 0.0279. The highest BCUT2D eigenvalue weighted by molar-refractivity contribution is 5.87. The molecule has 166 valence electrons. The van der Waals surface area contributed by atoms with Crippen LogP contribution < -0.4 is 5.32 Å². The van der Waals surface area contributed by atoms with Crippen LogP contribution in [0.25, 0.3) is 0 Å². The number of hydrogen-bond acceptors (Lipinski definition) is 2. The first-order chi connectivity index (χ1) is 15.5. The summed E-state index contributed by atoms with van der Waals surface area (Å²) in [5, 5.41) is 2.77. The SMILES string of the molecule is CCNC(=O)C(C)N(Cc1ccccc1F)C(=O)CC(c1ccccc1)c1ccccc1. The molecule has 0 aliphatic heterocycles. The lowest BCUT2D eigenvalue weighted by Crippen LogP contribution is -2.48. The van der Waals surface area contributed by atoms with Crippen molar-refractivity contribution in [1.29, 1.82) is 0 Å². The number of amides is 2. The van der Waals surface area contributed by atoms with E-state index in [0.29, 0.717) is 12.1 Å². The highest BCUT2D eigenvalue weighted by Gasteiger charge is 2.29. The van der Waals surface area contributed by atoms with Crippen molar-refractivity contribution in [2.45, 2.75) is 38.8 Å². The summed E-state index contributed by atoms with van der Waals surface area (Å²) in [5.74, 6) is -1.02. The third-order valence-corrected chi connectivity index (χ3v) is 5.60. The maximum atomic E-state index is 14.4. The van der Waals surface area contributed by atoms with Gasteiger partial charge in [0, 0.05) is 31.0 Å². The van der Waals surface area contributed by atoms with E-state index in [2.05, 4.69) is 5.32 Å². The van der Waals surface area contributed by atoms with Gasteiger partial charge in [0.2, 0.25) is 11.8 Å². The molecule has 1 N–H and O–H groups in total. The predicted molar refractivity (Wildman–Crippen MR) is 124 cm³/mol. The third kappa shape index (κ3) is 5.82. The standard InChI is InChI=1S/C27H29FN2O2/c1-3-29-27(32)20(2)30(19-23-16-10-11-17-25(23)28)26(31)18-24(21-12-6-4-7-13-21)22-14-8-5-9-15-22/h4-17,20,24H,3,18-19H2,1-2H3,(H,29,32). The summed E-state index contributed by atoms with van der Waals surface area (Å²) in [6.07, 6.45) is 0.173. The number of rotatable bonds is 9. The van der Waals surface area contributed by atoms with E-state index in [9.17, 15) is 14.0 Å². The lowest BCUT2D eigenvalue weighted by atomic mass is 9.88. The quantitative estimate of drug-likeness (QED) is 0.523. The summed E-state index contributed by atoms with van der Waals surface area (Å²) < 4.78 is 14.4. The van der Waals surface area contributed by atoms with E-state index in [-0.39, 0.29) is 30.7 Å². The van der Waals surface area contributed by atoms with E-state index < -0.39 is 11.9 Å². The number of halogens is 1. The second-order valence-electron chi connectivity index (χ2n) is 7.76. The second-order valence-corrected chi connectivity index (χ2v) is 7.76. The molecule has 0 heterocycles. The molecule has 1 atom stereocenters. The Bertz CT molecular complexity index is 985. The van der Waals surface area contributed by atoms with Gasteiger partial charge in [0.05, 0.1) is 0 Å². The molecule has 0 aromatic heterocycles. The monoisotopic (exact) mass is 432 g/mol. The Hall–Kier alpha value is -3.47. The van der Waals surface area contributed by atoms with Crippen LogP contribution in [0.5, 0.6) is 0 Å². The summed E-state index contributed by atoms with van der Waals surface area (Å²) in [4.78, 5) is 27.7. The van der Waals surface area contributed by atoms with Crippen LogP contribution in [0.3, 0.4) is 0 Å².